The predicted octanol–water partition coefficient (Wildman–Crippen LogP) is 4.02. The third kappa shape index (κ3) is 2.49. The zero-order valence-corrected chi connectivity index (χ0v) is 13.5. The monoisotopic (exact) mass is 335 g/mol. The lowest BCUT2D eigenvalue weighted by atomic mass is 10.1. The fraction of sp³-hybridized carbons (Fsp3) is 0.167. The summed E-state index contributed by atoms with van der Waals surface area (Å²) in [7, 11) is 0. The topological polar surface area (TPSA) is 78.9 Å². The molecular formula is C18H13N3O2S. The molecule has 0 fully saturated rings. The van der Waals surface area contributed by atoms with Crippen LogP contribution in [0.5, 0.6) is 0 Å². The summed E-state index contributed by atoms with van der Waals surface area (Å²) in [6, 6.07) is 13.3. The number of nitriles is 1. The second-order valence-corrected chi connectivity index (χ2v) is 6.67. The molecule has 0 saturated carbocycles. The number of carbonyl (C=O) groups excluding carboxylic acids is 1. The Kier molecular flexibility index (Phi) is 3.63. The summed E-state index contributed by atoms with van der Waals surface area (Å²) in [5.41, 5.74) is 2.73. The van der Waals surface area contributed by atoms with E-state index in [0.29, 0.717) is 16.3 Å². The van der Waals surface area contributed by atoms with Crippen LogP contribution in [0.25, 0.3) is 11.3 Å². The summed E-state index contributed by atoms with van der Waals surface area (Å²) in [6.07, 6.45) is 2.97. The summed E-state index contributed by atoms with van der Waals surface area (Å²) in [5, 5.41) is 16.6. The Bertz CT molecular complexity index is 951. The lowest BCUT2D eigenvalue weighted by Gasteiger charge is -2.00. The van der Waals surface area contributed by atoms with E-state index in [2.05, 4.69) is 16.5 Å². The van der Waals surface area contributed by atoms with Gasteiger partial charge in [-0.05, 0) is 24.8 Å². The molecule has 0 unspecified atom stereocenters. The van der Waals surface area contributed by atoms with Gasteiger partial charge in [0.15, 0.2) is 11.5 Å². The molecule has 1 amide bonds. The van der Waals surface area contributed by atoms with Crippen molar-refractivity contribution in [2.45, 2.75) is 19.3 Å². The van der Waals surface area contributed by atoms with E-state index < -0.39 is 0 Å². The number of rotatable bonds is 3. The summed E-state index contributed by atoms with van der Waals surface area (Å²) in [6.45, 7) is 0. The van der Waals surface area contributed by atoms with Gasteiger partial charge in [-0.2, -0.15) is 5.26 Å². The molecule has 0 aliphatic heterocycles. The quantitative estimate of drug-likeness (QED) is 0.784. The molecule has 6 heteroatoms. The number of fused-ring (bicyclic) bond motifs is 1. The Balaban J connectivity index is 1.58. The molecule has 0 atom stereocenters. The Hall–Kier alpha value is -2.91. The highest BCUT2D eigenvalue weighted by molar-refractivity contribution is 7.16. The zero-order chi connectivity index (χ0) is 16.5. The Labute approximate surface area is 142 Å². The number of hydrogen-bond acceptors (Lipinski definition) is 5. The summed E-state index contributed by atoms with van der Waals surface area (Å²) < 4.78 is 5.25. The third-order valence-corrected chi connectivity index (χ3v) is 5.27. The van der Waals surface area contributed by atoms with Gasteiger partial charge in [-0.3, -0.25) is 4.79 Å². The number of nitrogens with zero attached hydrogens (tertiary/aromatic N) is 2. The number of anilines is 1. The van der Waals surface area contributed by atoms with Crippen LogP contribution in [0.4, 0.5) is 5.00 Å². The molecule has 1 N–H and O–H groups in total. The van der Waals surface area contributed by atoms with Crippen molar-refractivity contribution in [3.05, 3.63) is 58.1 Å². The molecule has 2 heterocycles. The minimum Gasteiger partial charge on any atom is -0.355 e. The number of aromatic nitrogens is 1. The van der Waals surface area contributed by atoms with Gasteiger partial charge in [-0.25, -0.2) is 0 Å². The Morgan fingerprint density at radius 3 is 2.92 bits per heavy atom. The molecule has 24 heavy (non-hydrogen) atoms. The first-order valence-corrected chi connectivity index (χ1v) is 8.46. The van der Waals surface area contributed by atoms with E-state index in [1.54, 1.807) is 6.07 Å². The highest BCUT2D eigenvalue weighted by Gasteiger charge is 2.24. The van der Waals surface area contributed by atoms with Gasteiger partial charge in [0, 0.05) is 16.5 Å². The molecule has 1 aliphatic carbocycles. The highest BCUT2D eigenvalue weighted by Crippen LogP contribution is 2.38. The van der Waals surface area contributed by atoms with Gasteiger partial charge in [0.1, 0.15) is 11.1 Å². The summed E-state index contributed by atoms with van der Waals surface area (Å²) in [5.74, 6) is 0.173. The van der Waals surface area contributed by atoms with Crippen molar-refractivity contribution < 1.29 is 9.32 Å². The molecule has 5 nitrogen and oxygen atoms in total. The Morgan fingerprint density at radius 2 is 2.12 bits per heavy atom. The highest BCUT2D eigenvalue weighted by atomic mass is 32.1. The van der Waals surface area contributed by atoms with Crippen LogP contribution in [0.15, 0.2) is 40.9 Å². The van der Waals surface area contributed by atoms with Crippen molar-refractivity contribution in [1.82, 2.24) is 5.16 Å². The van der Waals surface area contributed by atoms with Crippen LogP contribution in [0.2, 0.25) is 0 Å². The number of aryl methyl sites for hydroxylation is 1. The molecule has 118 valence electrons. The average molecular weight is 335 g/mol. The van der Waals surface area contributed by atoms with Crippen LogP contribution in [0.3, 0.4) is 0 Å². The number of carbonyl (C=O) groups is 1. The van der Waals surface area contributed by atoms with Gasteiger partial charge >= 0.3 is 0 Å². The number of nitrogens with one attached hydrogen (secondary N) is 1. The number of thiophene rings is 1. The standard InChI is InChI=1S/C18H13N3O2S/c19-10-13-12-7-4-8-16(12)24-18(13)20-17(22)14-9-15(23-21-14)11-5-2-1-3-6-11/h1-3,5-6,9H,4,7-8H2,(H,20,22). The normalized spacial score (nSPS) is 12.6. The fourth-order valence-electron chi connectivity index (χ4n) is 2.90. The molecule has 2 aromatic heterocycles. The number of benzene rings is 1. The fourth-order valence-corrected chi connectivity index (χ4v) is 4.13. The predicted molar refractivity (Wildman–Crippen MR) is 91.0 cm³/mol. The number of amides is 1. The lowest BCUT2D eigenvalue weighted by Crippen LogP contribution is -2.12. The molecule has 0 radical (unpaired) electrons. The summed E-state index contributed by atoms with van der Waals surface area (Å²) >= 11 is 1.49. The first-order valence-electron chi connectivity index (χ1n) is 7.64. The van der Waals surface area contributed by atoms with E-state index in [-0.39, 0.29) is 11.6 Å². The van der Waals surface area contributed by atoms with E-state index in [9.17, 15) is 10.1 Å². The zero-order valence-electron chi connectivity index (χ0n) is 12.7. The molecule has 1 aromatic carbocycles. The second-order valence-electron chi connectivity index (χ2n) is 5.57. The second kappa shape index (κ2) is 5.95. The van der Waals surface area contributed by atoms with Crippen molar-refractivity contribution in [2.24, 2.45) is 0 Å². The van der Waals surface area contributed by atoms with Gasteiger partial charge in [-0.1, -0.05) is 35.5 Å². The first-order chi connectivity index (χ1) is 11.8. The molecule has 1 aliphatic rings. The first kappa shape index (κ1) is 14.7. The molecular weight excluding hydrogens is 322 g/mol. The Morgan fingerprint density at radius 1 is 1.29 bits per heavy atom. The van der Waals surface area contributed by atoms with Gasteiger partial charge in [0.2, 0.25) is 0 Å². The van der Waals surface area contributed by atoms with Crippen molar-refractivity contribution in [3.63, 3.8) is 0 Å². The van der Waals surface area contributed by atoms with E-state index in [4.69, 9.17) is 4.52 Å². The molecule has 0 saturated heterocycles. The molecule has 0 bridgehead atoms. The number of hydrogen-bond donors (Lipinski definition) is 1. The van der Waals surface area contributed by atoms with Crippen molar-refractivity contribution in [3.8, 4) is 17.4 Å². The van der Waals surface area contributed by atoms with Crippen molar-refractivity contribution >= 4 is 22.2 Å². The molecule has 3 aromatic rings. The van der Waals surface area contributed by atoms with Crippen LogP contribution >= 0.6 is 11.3 Å². The third-order valence-electron chi connectivity index (χ3n) is 4.06. The molecule has 0 spiro atoms. The van der Waals surface area contributed by atoms with Gasteiger partial charge in [0.05, 0.1) is 5.56 Å². The maximum absolute atomic E-state index is 12.4. The molecule has 4 rings (SSSR count). The largest absolute Gasteiger partial charge is 0.355 e. The van der Waals surface area contributed by atoms with Crippen molar-refractivity contribution in [1.29, 1.82) is 5.26 Å². The van der Waals surface area contributed by atoms with Crippen LogP contribution in [-0.2, 0) is 12.8 Å². The van der Waals surface area contributed by atoms with Crippen LogP contribution in [0.1, 0.15) is 32.9 Å². The van der Waals surface area contributed by atoms with E-state index in [1.807, 2.05) is 30.3 Å². The SMILES string of the molecule is N#Cc1c(NC(=O)c2cc(-c3ccccc3)on2)sc2c1CCC2. The minimum absolute atomic E-state index is 0.200. The maximum Gasteiger partial charge on any atom is 0.278 e. The summed E-state index contributed by atoms with van der Waals surface area (Å²) in [4.78, 5) is 13.6. The lowest BCUT2D eigenvalue weighted by molar-refractivity contribution is 0.101. The minimum atomic E-state index is -0.364. The van der Waals surface area contributed by atoms with Gasteiger partial charge in [0.25, 0.3) is 5.91 Å². The van der Waals surface area contributed by atoms with Gasteiger partial charge in [-0.15, -0.1) is 11.3 Å². The maximum atomic E-state index is 12.4. The van der Waals surface area contributed by atoms with E-state index >= 15 is 0 Å². The smallest absolute Gasteiger partial charge is 0.278 e. The van der Waals surface area contributed by atoms with Crippen LogP contribution < -0.4 is 5.32 Å². The van der Waals surface area contributed by atoms with Crippen LogP contribution in [-0.4, -0.2) is 11.1 Å². The van der Waals surface area contributed by atoms with Crippen LogP contribution in [0, 0.1) is 11.3 Å². The van der Waals surface area contributed by atoms with E-state index in [1.165, 1.54) is 16.2 Å². The van der Waals surface area contributed by atoms with E-state index in [0.717, 1.165) is 30.4 Å². The van der Waals surface area contributed by atoms with Crippen molar-refractivity contribution in [2.75, 3.05) is 5.32 Å². The van der Waals surface area contributed by atoms with Gasteiger partial charge < -0.3 is 9.84 Å². The average Bonchev–Trinajstić information content (AvgIpc) is 3.31.